The Labute approximate surface area is 204 Å². The first-order valence-electron chi connectivity index (χ1n) is 12.0. The number of carbonyl (C=O) groups is 2. The van der Waals surface area contributed by atoms with Crippen LogP contribution in [0.15, 0.2) is 60.9 Å². The summed E-state index contributed by atoms with van der Waals surface area (Å²) in [5, 5.41) is 6.46. The number of Topliss-reactive ketones (excluding diaryl/α,β-unsaturated/α-hetero) is 1. The predicted molar refractivity (Wildman–Crippen MR) is 138 cm³/mol. The molecule has 1 saturated carbocycles. The highest BCUT2D eigenvalue weighted by molar-refractivity contribution is 5.95. The number of fused-ring (bicyclic) bond motifs is 1. The smallest absolute Gasteiger partial charge is 0.251 e. The highest BCUT2D eigenvalue weighted by atomic mass is 16.1. The van der Waals surface area contributed by atoms with Crippen molar-refractivity contribution in [2.75, 3.05) is 11.9 Å². The molecule has 0 saturated heterocycles. The monoisotopic (exact) mass is 467 g/mol. The summed E-state index contributed by atoms with van der Waals surface area (Å²) < 4.78 is 2.02. The van der Waals surface area contributed by atoms with Crippen LogP contribution < -0.4 is 10.6 Å². The largest absolute Gasteiger partial charge is 0.367 e. The van der Waals surface area contributed by atoms with Crippen molar-refractivity contribution in [3.8, 4) is 22.5 Å². The van der Waals surface area contributed by atoms with E-state index in [2.05, 4.69) is 29.5 Å². The first kappa shape index (κ1) is 22.8. The van der Waals surface area contributed by atoms with Crippen molar-refractivity contribution in [2.24, 2.45) is 5.92 Å². The Bertz CT molecular complexity index is 1400. The van der Waals surface area contributed by atoms with E-state index in [0.717, 1.165) is 47.5 Å². The first-order chi connectivity index (χ1) is 16.9. The van der Waals surface area contributed by atoms with Gasteiger partial charge in [-0.05, 0) is 43.9 Å². The Kier molecular flexibility index (Phi) is 6.07. The number of hydrogen-bond donors (Lipinski definition) is 2. The van der Waals surface area contributed by atoms with Gasteiger partial charge in [0.25, 0.3) is 5.91 Å². The van der Waals surface area contributed by atoms with Gasteiger partial charge in [0.2, 0.25) is 0 Å². The third-order valence-corrected chi connectivity index (χ3v) is 6.09. The summed E-state index contributed by atoms with van der Waals surface area (Å²) >= 11 is 0. The second-order valence-electron chi connectivity index (χ2n) is 9.55. The molecule has 1 amide bonds. The molecule has 35 heavy (non-hydrogen) atoms. The van der Waals surface area contributed by atoms with Gasteiger partial charge in [-0.3, -0.25) is 14.0 Å². The van der Waals surface area contributed by atoms with Gasteiger partial charge in [-0.1, -0.05) is 44.2 Å². The summed E-state index contributed by atoms with van der Waals surface area (Å²) in [4.78, 5) is 33.9. The van der Waals surface area contributed by atoms with Crippen LogP contribution in [0.1, 0.15) is 54.3 Å². The second kappa shape index (κ2) is 9.33. The summed E-state index contributed by atoms with van der Waals surface area (Å²) in [6, 6.07) is 15.4. The lowest BCUT2D eigenvalue weighted by atomic mass is 10.1. The fraction of sp³-hybridized carbons (Fsp3) is 0.286. The number of aromatic nitrogens is 3. The topological polar surface area (TPSA) is 88.4 Å². The lowest BCUT2D eigenvalue weighted by Gasteiger charge is -2.13. The van der Waals surface area contributed by atoms with E-state index < -0.39 is 0 Å². The third-order valence-electron chi connectivity index (χ3n) is 6.09. The highest BCUT2D eigenvalue weighted by Crippen LogP contribution is 2.29. The molecule has 1 aliphatic carbocycles. The van der Waals surface area contributed by atoms with Gasteiger partial charge in [0.15, 0.2) is 17.2 Å². The number of ketones is 1. The molecule has 7 heteroatoms. The quantitative estimate of drug-likeness (QED) is 0.347. The first-order valence-corrected chi connectivity index (χ1v) is 12.0. The number of imidazole rings is 1. The highest BCUT2D eigenvalue weighted by Gasteiger charge is 2.23. The van der Waals surface area contributed by atoms with E-state index in [4.69, 9.17) is 4.98 Å². The number of rotatable bonds is 8. The minimum Gasteiger partial charge on any atom is -0.367 e. The van der Waals surface area contributed by atoms with Crippen LogP contribution in [-0.4, -0.2) is 38.6 Å². The number of nitrogens with zero attached hydrogens (tertiary/aromatic N) is 3. The molecule has 0 spiro atoms. The van der Waals surface area contributed by atoms with Gasteiger partial charge in [-0.15, -0.1) is 0 Å². The third kappa shape index (κ3) is 4.94. The lowest BCUT2D eigenvalue weighted by molar-refractivity contribution is 0.0950. The molecule has 0 bridgehead atoms. The zero-order valence-corrected chi connectivity index (χ0v) is 20.2. The van der Waals surface area contributed by atoms with Gasteiger partial charge in [0.1, 0.15) is 0 Å². The van der Waals surface area contributed by atoms with Crippen molar-refractivity contribution in [3.63, 3.8) is 0 Å². The summed E-state index contributed by atoms with van der Waals surface area (Å²) in [5.41, 5.74) is 5.47. The number of hydrogen-bond acceptors (Lipinski definition) is 5. The molecule has 7 nitrogen and oxygen atoms in total. The number of carbonyl (C=O) groups excluding carboxylic acids is 2. The maximum Gasteiger partial charge on any atom is 0.251 e. The van der Waals surface area contributed by atoms with Crippen molar-refractivity contribution in [2.45, 2.75) is 39.7 Å². The summed E-state index contributed by atoms with van der Waals surface area (Å²) in [6.45, 7) is 6.60. The summed E-state index contributed by atoms with van der Waals surface area (Å²) in [7, 11) is 0. The fourth-order valence-electron chi connectivity index (χ4n) is 3.95. The van der Waals surface area contributed by atoms with E-state index in [0.29, 0.717) is 28.9 Å². The van der Waals surface area contributed by atoms with Crippen molar-refractivity contribution in [3.05, 3.63) is 72.1 Å². The van der Waals surface area contributed by atoms with Crippen molar-refractivity contribution >= 4 is 23.2 Å². The average molecular weight is 468 g/mol. The number of anilines is 1. The summed E-state index contributed by atoms with van der Waals surface area (Å²) in [5.74, 6) is 1.11. The molecule has 178 valence electrons. The Balaban J connectivity index is 1.56. The molecule has 1 aliphatic rings. The van der Waals surface area contributed by atoms with E-state index in [-0.39, 0.29) is 11.7 Å². The van der Waals surface area contributed by atoms with Gasteiger partial charge in [-0.25, -0.2) is 9.97 Å². The Hall–Kier alpha value is -4.00. The molecule has 2 heterocycles. The maximum absolute atomic E-state index is 12.4. The zero-order chi connectivity index (χ0) is 24.5. The van der Waals surface area contributed by atoms with Crippen LogP contribution in [0.5, 0.6) is 0 Å². The minimum atomic E-state index is -0.0331. The van der Waals surface area contributed by atoms with Crippen LogP contribution in [-0.2, 0) is 0 Å². The Morgan fingerprint density at radius 1 is 1.06 bits per heavy atom. The molecule has 4 aromatic rings. The molecule has 2 aromatic heterocycles. The van der Waals surface area contributed by atoms with Crippen LogP contribution in [0, 0.1) is 5.92 Å². The molecule has 2 aromatic carbocycles. The molecular weight excluding hydrogens is 438 g/mol. The number of benzene rings is 2. The number of amides is 1. The van der Waals surface area contributed by atoms with Gasteiger partial charge >= 0.3 is 0 Å². The molecule has 0 atom stereocenters. The Morgan fingerprint density at radius 3 is 2.51 bits per heavy atom. The molecule has 5 rings (SSSR count). The zero-order valence-electron chi connectivity index (χ0n) is 20.2. The van der Waals surface area contributed by atoms with Gasteiger partial charge < -0.3 is 10.6 Å². The SMILES string of the molecule is CC(=O)c1cccc(-c2cn3c(-c4ccc(C(=O)NC5CC5)cc4)cnc3c(NCC(C)C)n2)c1. The normalized spacial score (nSPS) is 13.3. The molecule has 0 radical (unpaired) electrons. The molecule has 0 aliphatic heterocycles. The second-order valence-corrected chi connectivity index (χ2v) is 9.55. The molecule has 1 fully saturated rings. The minimum absolute atomic E-state index is 0.0141. The van der Waals surface area contributed by atoms with E-state index in [1.165, 1.54) is 0 Å². The van der Waals surface area contributed by atoms with Crippen LogP contribution in [0.4, 0.5) is 5.82 Å². The van der Waals surface area contributed by atoms with Crippen molar-refractivity contribution < 1.29 is 9.59 Å². The van der Waals surface area contributed by atoms with Crippen LogP contribution in [0.2, 0.25) is 0 Å². The Morgan fingerprint density at radius 2 is 1.83 bits per heavy atom. The summed E-state index contributed by atoms with van der Waals surface area (Å²) in [6.07, 6.45) is 5.90. The lowest BCUT2D eigenvalue weighted by Crippen LogP contribution is -2.25. The fourth-order valence-corrected chi connectivity index (χ4v) is 3.95. The predicted octanol–water partition coefficient (Wildman–Crippen LogP) is 5.23. The van der Waals surface area contributed by atoms with Crippen molar-refractivity contribution in [1.82, 2.24) is 19.7 Å². The van der Waals surface area contributed by atoms with Crippen LogP contribution in [0.3, 0.4) is 0 Å². The molecular formula is C28H29N5O2. The van der Waals surface area contributed by atoms with Crippen LogP contribution >= 0.6 is 0 Å². The average Bonchev–Trinajstić information content (AvgIpc) is 3.57. The van der Waals surface area contributed by atoms with Gasteiger partial charge in [0, 0.05) is 41.0 Å². The molecule has 2 N–H and O–H groups in total. The molecule has 0 unspecified atom stereocenters. The van der Waals surface area contributed by atoms with E-state index in [1.54, 1.807) is 6.92 Å². The van der Waals surface area contributed by atoms with E-state index in [9.17, 15) is 9.59 Å². The van der Waals surface area contributed by atoms with Gasteiger partial charge in [-0.2, -0.15) is 0 Å². The van der Waals surface area contributed by atoms with Gasteiger partial charge in [0.05, 0.1) is 17.6 Å². The maximum atomic E-state index is 12.4. The van der Waals surface area contributed by atoms with E-state index >= 15 is 0 Å². The van der Waals surface area contributed by atoms with E-state index in [1.807, 2.05) is 65.3 Å². The number of nitrogens with one attached hydrogen (secondary N) is 2. The van der Waals surface area contributed by atoms with Crippen LogP contribution in [0.25, 0.3) is 28.2 Å². The standard InChI is InChI=1S/C28H29N5O2/c1-17(2)14-29-26-27-30-15-25(19-7-9-20(10-8-19)28(35)31-23-11-12-23)33(27)16-24(32-26)22-6-4-5-21(13-22)18(3)34/h4-10,13,15-17,23H,11-12,14H2,1-3H3,(H,29,32)(H,31,35). The van der Waals surface area contributed by atoms with Crippen molar-refractivity contribution in [1.29, 1.82) is 0 Å².